The summed E-state index contributed by atoms with van der Waals surface area (Å²) in [4.78, 5) is 9.83. The lowest BCUT2D eigenvalue weighted by molar-refractivity contribution is -0.387. The van der Waals surface area contributed by atoms with Crippen LogP contribution >= 0.6 is 0 Å². The molecule has 1 aromatic carbocycles. The van der Waals surface area contributed by atoms with E-state index in [0.29, 0.717) is 12.5 Å². The molecule has 0 N–H and O–H groups in total. The second-order valence-corrected chi connectivity index (χ2v) is 4.60. The van der Waals surface area contributed by atoms with Crippen LogP contribution in [-0.4, -0.2) is 11.5 Å². The van der Waals surface area contributed by atoms with E-state index in [-0.39, 0.29) is 12.2 Å². The summed E-state index contributed by atoms with van der Waals surface area (Å²) < 4.78 is 19.0. The zero-order valence-corrected chi connectivity index (χ0v) is 10.7. The first-order chi connectivity index (χ1) is 8.52. The van der Waals surface area contributed by atoms with E-state index in [0.717, 1.165) is 18.9 Å². The van der Waals surface area contributed by atoms with Crippen LogP contribution in [0.1, 0.15) is 32.3 Å². The van der Waals surface area contributed by atoms with Gasteiger partial charge < -0.3 is 4.74 Å². The fraction of sp³-hybridized carbons (Fsp3) is 0.538. The lowest BCUT2D eigenvalue weighted by atomic mass is 10.1. The summed E-state index contributed by atoms with van der Waals surface area (Å²) in [6.45, 7) is 4.87. The molecule has 0 spiro atoms. The molecule has 0 aliphatic carbocycles. The molecule has 0 bridgehead atoms. The standard InChI is InChI=1S/C13H18FNO3/c1-10(2)5-4-8-18-9-11-6-3-7-12(13(11)14)15(16)17/h3,6-7,10H,4-5,8-9H2,1-2H3. The molecule has 0 aromatic heterocycles. The Balaban J connectivity index is 2.48. The summed E-state index contributed by atoms with van der Waals surface area (Å²) in [5.41, 5.74) is -0.271. The molecule has 1 rings (SSSR count). The van der Waals surface area contributed by atoms with E-state index in [4.69, 9.17) is 4.74 Å². The van der Waals surface area contributed by atoms with Crippen LogP contribution in [0.5, 0.6) is 0 Å². The Labute approximate surface area is 106 Å². The molecule has 0 aliphatic heterocycles. The van der Waals surface area contributed by atoms with Gasteiger partial charge >= 0.3 is 5.69 Å². The van der Waals surface area contributed by atoms with Crippen LogP contribution in [-0.2, 0) is 11.3 Å². The highest BCUT2D eigenvalue weighted by Gasteiger charge is 2.16. The topological polar surface area (TPSA) is 52.4 Å². The molecule has 0 radical (unpaired) electrons. The van der Waals surface area contributed by atoms with Crippen molar-refractivity contribution in [3.63, 3.8) is 0 Å². The number of ether oxygens (including phenoxy) is 1. The van der Waals surface area contributed by atoms with Crippen molar-refractivity contribution in [3.8, 4) is 0 Å². The highest BCUT2D eigenvalue weighted by atomic mass is 19.1. The summed E-state index contributed by atoms with van der Waals surface area (Å²) in [7, 11) is 0. The van der Waals surface area contributed by atoms with Crippen molar-refractivity contribution in [2.75, 3.05) is 6.61 Å². The first-order valence-corrected chi connectivity index (χ1v) is 6.02. The Morgan fingerprint density at radius 2 is 2.17 bits per heavy atom. The van der Waals surface area contributed by atoms with Gasteiger partial charge in [0.1, 0.15) is 0 Å². The molecule has 5 heteroatoms. The summed E-state index contributed by atoms with van der Waals surface area (Å²) >= 11 is 0. The predicted molar refractivity (Wildman–Crippen MR) is 66.8 cm³/mol. The van der Waals surface area contributed by atoms with Gasteiger partial charge in [0.15, 0.2) is 0 Å². The van der Waals surface area contributed by atoms with Crippen molar-refractivity contribution >= 4 is 5.69 Å². The molecule has 4 nitrogen and oxygen atoms in total. The van der Waals surface area contributed by atoms with Crippen LogP contribution in [0.3, 0.4) is 0 Å². The Hall–Kier alpha value is -1.49. The summed E-state index contributed by atoms with van der Waals surface area (Å²) in [6.07, 6.45) is 1.96. The van der Waals surface area contributed by atoms with Gasteiger partial charge in [0, 0.05) is 18.2 Å². The fourth-order valence-electron chi connectivity index (χ4n) is 1.59. The minimum atomic E-state index is -0.800. The van der Waals surface area contributed by atoms with E-state index >= 15 is 0 Å². The molecule has 0 saturated carbocycles. The molecule has 0 heterocycles. The maximum absolute atomic E-state index is 13.6. The van der Waals surface area contributed by atoms with Crippen molar-refractivity contribution in [2.45, 2.75) is 33.3 Å². The monoisotopic (exact) mass is 255 g/mol. The molecule has 0 atom stereocenters. The number of nitrogens with zero attached hydrogens (tertiary/aromatic N) is 1. The van der Waals surface area contributed by atoms with Crippen LogP contribution in [0.25, 0.3) is 0 Å². The van der Waals surface area contributed by atoms with Crippen LogP contribution in [0.15, 0.2) is 18.2 Å². The van der Waals surface area contributed by atoms with Gasteiger partial charge in [-0.15, -0.1) is 0 Å². The quantitative estimate of drug-likeness (QED) is 0.424. The summed E-state index contributed by atoms with van der Waals surface area (Å²) in [5.74, 6) is -0.186. The molecule has 0 saturated heterocycles. The molecular formula is C13H18FNO3. The largest absolute Gasteiger partial charge is 0.377 e. The minimum Gasteiger partial charge on any atom is -0.377 e. The van der Waals surface area contributed by atoms with E-state index in [9.17, 15) is 14.5 Å². The molecule has 0 amide bonds. The second-order valence-electron chi connectivity index (χ2n) is 4.60. The van der Waals surface area contributed by atoms with Gasteiger partial charge in [-0.25, -0.2) is 0 Å². The van der Waals surface area contributed by atoms with E-state index in [2.05, 4.69) is 13.8 Å². The van der Waals surface area contributed by atoms with Crippen LogP contribution in [0.4, 0.5) is 10.1 Å². The third-order valence-corrected chi connectivity index (χ3v) is 2.58. The molecule has 0 fully saturated rings. The lowest BCUT2D eigenvalue weighted by Gasteiger charge is -2.07. The minimum absolute atomic E-state index is 0.0750. The van der Waals surface area contributed by atoms with E-state index < -0.39 is 16.4 Å². The first kappa shape index (κ1) is 14.6. The predicted octanol–water partition coefficient (Wildman–Crippen LogP) is 3.69. The van der Waals surface area contributed by atoms with Crippen molar-refractivity contribution < 1.29 is 14.1 Å². The molecule has 18 heavy (non-hydrogen) atoms. The van der Waals surface area contributed by atoms with E-state index in [1.54, 1.807) is 0 Å². The van der Waals surface area contributed by atoms with Gasteiger partial charge in [0.2, 0.25) is 5.82 Å². The maximum Gasteiger partial charge on any atom is 0.305 e. The zero-order valence-electron chi connectivity index (χ0n) is 10.7. The lowest BCUT2D eigenvalue weighted by Crippen LogP contribution is -2.02. The second kappa shape index (κ2) is 7.06. The fourth-order valence-corrected chi connectivity index (χ4v) is 1.59. The molecule has 100 valence electrons. The zero-order chi connectivity index (χ0) is 13.5. The molecule has 0 aliphatic rings. The van der Waals surface area contributed by atoms with Crippen molar-refractivity contribution in [3.05, 3.63) is 39.7 Å². The van der Waals surface area contributed by atoms with E-state index in [1.807, 2.05) is 0 Å². The van der Waals surface area contributed by atoms with Gasteiger partial charge in [-0.2, -0.15) is 4.39 Å². The molecule has 0 unspecified atom stereocenters. The summed E-state index contributed by atoms with van der Waals surface area (Å²) in [5, 5.41) is 10.5. The van der Waals surface area contributed by atoms with Crippen molar-refractivity contribution in [1.82, 2.24) is 0 Å². The van der Waals surface area contributed by atoms with Crippen LogP contribution in [0.2, 0.25) is 0 Å². The van der Waals surface area contributed by atoms with Gasteiger partial charge in [-0.05, 0) is 18.8 Å². The SMILES string of the molecule is CC(C)CCCOCc1cccc([N+](=O)[O-])c1F. The van der Waals surface area contributed by atoms with Gasteiger partial charge in [0.25, 0.3) is 0 Å². The normalized spacial score (nSPS) is 10.9. The number of hydrogen-bond acceptors (Lipinski definition) is 3. The third kappa shape index (κ3) is 4.41. The number of halogens is 1. The Morgan fingerprint density at radius 3 is 2.78 bits per heavy atom. The molecular weight excluding hydrogens is 237 g/mol. The highest BCUT2D eigenvalue weighted by Crippen LogP contribution is 2.20. The number of nitro benzene ring substituents is 1. The highest BCUT2D eigenvalue weighted by molar-refractivity contribution is 5.36. The average Bonchev–Trinajstić information content (AvgIpc) is 2.30. The maximum atomic E-state index is 13.6. The van der Waals surface area contributed by atoms with Crippen LogP contribution in [0, 0.1) is 21.8 Å². The Morgan fingerprint density at radius 1 is 1.44 bits per heavy atom. The number of hydrogen-bond donors (Lipinski definition) is 0. The van der Waals surface area contributed by atoms with Gasteiger partial charge in [-0.1, -0.05) is 26.0 Å². The first-order valence-electron chi connectivity index (χ1n) is 6.02. The third-order valence-electron chi connectivity index (χ3n) is 2.58. The number of rotatable bonds is 7. The van der Waals surface area contributed by atoms with Crippen molar-refractivity contribution in [2.24, 2.45) is 5.92 Å². The smallest absolute Gasteiger partial charge is 0.305 e. The van der Waals surface area contributed by atoms with Crippen molar-refractivity contribution in [1.29, 1.82) is 0 Å². The average molecular weight is 255 g/mol. The Kier molecular flexibility index (Phi) is 5.71. The Bertz CT molecular complexity index is 407. The van der Waals surface area contributed by atoms with Gasteiger partial charge in [-0.3, -0.25) is 10.1 Å². The number of nitro groups is 1. The van der Waals surface area contributed by atoms with Crippen LogP contribution < -0.4 is 0 Å². The number of benzene rings is 1. The van der Waals surface area contributed by atoms with E-state index in [1.165, 1.54) is 12.1 Å². The van der Waals surface area contributed by atoms with Gasteiger partial charge in [0.05, 0.1) is 11.5 Å². The molecule has 1 aromatic rings. The summed E-state index contributed by atoms with van der Waals surface area (Å²) in [6, 6.07) is 4.12.